The number of urea groups is 1. The monoisotopic (exact) mass is 292 g/mol. The van der Waals surface area contributed by atoms with Gasteiger partial charge in [0.25, 0.3) is 0 Å². The SMILES string of the molecule is CCCCCCNC(=O)NC(C)c1cc(C)ccc1OC. The maximum Gasteiger partial charge on any atom is 0.315 e. The first kappa shape index (κ1) is 17.3. The van der Waals surface area contributed by atoms with E-state index in [9.17, 15) is 4.79 Å². The van der Waals surface area contributed by atoms with Gasteiger partial charge in [-0.25, -0.2) is 4.79 Å². The zero-order valence-corrected chi connectivity index (χ0v) is 13.7. The molecular formula is C17H28N2O2. The summed E-state index contributed by atoms with van der Waals surface area (Å²) >= 11 is 0. The highest BCUT2D eigenvalue weighted by Gasteiger charge is 2.13. The molecule has 1 unspecified atom stereocenters. The predicted molar refractivity (Wildman–Crippen MR) is 86.8 cm³/mol. The molecule has 21 heavy (non-hydrogen) atoms. The fourth-order valence-corrected chi connectivity index (χ4v) is 2.27. The van der Waals surface area contributed by atoms with E-state index < -0.39 is 0 Å². The Morgan fingerprint density at radius 3 is 2.71 bits per heavy atom. The summed E-state index contributed by atoms with van der Waals surface area (Å²) in [6.07, 6.45) is 4.62. The molecule has 0 heterocycles. The first-order valence-corrected chi connectivity index (χ1v) is 7.77. The summed E-state index contributed by atoms with van der Waals surface area (Å²) in [5.74, 6) is 0.802. The number of hydrogen-bond donors (Lipinski definition) is 2. The van der Waals surface area contributed by atoms with Gasteiger partial charge in [-0.05, 0) is 26.3 Å². The molecule has 2 amide bonds. The van der Waals surface area contributed by atoms with Crippen molar-refractivity contribution >= 4 is 6.03 Å². The normalized spacial score (nSPS) is 11.8. The van der Waals surface area contributed by atoms with E-state index in [1.165, 1.54) is 12.8 Å². The Morgan fingerprint density at radius 2 is 2.05 bits per heavy atom. The van der Waals surface area contributed by atoms with Gasteiger partial charge < -0.3 is 15.4 Å². The van der Waals surface area contributed by atoms with E-state index in [4.69, 9.17) is 4.74 Å². The number of nitrogens with one attached hydrogen (secondary N) is 2. The standard InChI is InChI=1S/C17H28N2O2/c1-5-6-7-8-11-18-17(20)19-14(3)15-12-13(2)9-10-16(15)21-4/h9-10,12,14H,5-8,11H2,1-4H3,(H2,18,19,20). The molecule has 0 aliphatic rings. The molecule has 0 bridgehead atoms. The second kappa shape index (κ2) is 9.27. The number of aryl methyl sites for hydroxylation is 1. The van der Waals surface area contributed by atoms with Crippen molar-refractivity contribution in [2.75, 3.05) is 13.7 Å². The van der Waals surface area contributed by atoms with E-state index in [0.717, 1.165) is 36.3 Å². The smallest absolute Gasteiger partial charge is 0.315 e. The van der Waals surface area contributed by atoms with Crippen LogP contribution in [0.4, 0.5) is 4.79 Å². The van der Waals surface area contributed by atoms with E-state index in [0.29, 0.717) is 0 Å². The van der Waals surface area contributed by atoms with Crippen molar-refractivity contribution < 1.29 is 9.53 Å². The van der Waals surface area contributed by atoms with Crippen molar-refractivity contribution in [2.24, 2.45) is 0 Å². The molecule has 0 aromatic heterocycles. The van der Waals surface area contributed by atoms with Crippen LogP contribution in [-0.4, -0.2) is 19.7 Å². The molecule has 4 nitrogen and oxygen atoms in total. The van der Waals surface area contributed by atoms with Gasteiger partial charge in [0, 0.05) is 12.1 Å². The molecule has 0 spiro atoms. The highest BCUT2D eigenvalue weighted by molar-refractivity contribution is 5.74. The van der Waals surface area contributed by atoms with Crippen molar-refractivity contribution in [1.82, 2.24) is 10.6 Å². The predicted octanol–water partition coefficient (Wildman–Crippen LogP) is 3.94. The van der Waals surface area contributed by atoms with Crippen molar-refractivity contribution in [2.45, 2.75) is 52.5 Å². The molecule has 1 atom stereocenters. The molecule has 0 saturated carbocycles. The zero-order chi connectivity index (χ0) is 15.7. The van der Waals surface area contributed by atoms with Gasteiger partial charge >= 0.3 is 6.03 Å². The summed E-state index contributed by atoms with van der Waals surface area (Å²) in [7, 11) is 1.65. The second-order valence-electron chi connectivity index (χ2n) is 5.43. The number of carbonyl (C=O) groups excluding carboxylic acids is 1. The average Bonchev–Trinajstić information content (AvgIpc) is 2.47. The number of rotatable bonds is 8. The van der Waals surface area contributed by atoms with Crippen LogP contribution in [0.1, 0.15) is 56.7 Å². The number of methoxy groups -OCH3 is 1. The van der Waals surface area contributed by atoms with Gasteiger partial charge in [0.1, 0.15) is 5.75 Å². The molecule has 118 valence electrons. The molecule has 0 radical (unpaired) electrons. The molecule has 1 rings (SSSR count). The zero-order valence-electron chi connectivity index (χ0n) is 13.7. The van der Waals surface area contributed by atoms with Crippen LogP contribution in [0.2, 0.25) is 0 Å². The van der Waals surface area contributed by atoms with Crippen LogP contribution in [0.25, 0.3) is 0 Å². The lowest BCUT2D eigenvalue weighted by atomic mass is 10.0. The Hall–Kier alpha value is -1.71. The van der Waals surface area contributed by atoms with Gasteiger partial charge in [0.15, 0.2) is 0 Å². The molecule has 0 aliphatic heterocycles. The number of amides is 2. The maximum absolute atomic E-state index is 11.9. The summed E-state index contributed by atoms with van der Waals surface area (Å²) in [6.45, 7) is 6.90. The molecule has 0 saturated heterocycles. The molecule has 0 fully saturated rings. The van der Waals surface area contributed by atoms with Crippen LogP contribution in [0.15, 0.2) is 18.2 Å². The highest BCUT2D eigenvalue weighted by atomic mass is 16.5. The fourth-order valence-electron chi connectivity index (χ4n) is 2.27. The van der Waals surface area contributed by atoms with Gasteiger partial charge in [0.05, 0.1) is 13.2 Å². The number of ether oxygens (including phenoxy) is 1. The summed E-state index contributed by atoms with van der Waals surface area (Å²) in [4.78, 5) is 11.9. The lowest BCUT2D eigenvalue weighted by Gasteiger charge is -2.18. The van der Waals surface area contributed by atoms with Crippen LogP contribution in [-0.2, 0) is 0 Å². The molecule has 1 aromatic rings. The summed E-state index contributed by atoms with van der Waals surface area (Å²) in [6, 6.07) is 5.78. The Kier molecular flexibility index (Phi) is 7.65. The van der Waals surface area contributed by atoms with Crippen molar-refractivity contribution in [1.29, 1.82) is 0 Å². The van der Waals surface area contributed by atoms with Gasteiger partial charge in [-0.1, -0.05) is 43.9 Å². The summed E-state index contributed by atoms with van der Waals surface area (Å²) in [5.41, 5.74) is 2.15. The molecular weight excluding hydrogens is 264 g/mol. The third-order valence-corrected chi connectivity index (χ3v) is 3.52. The minimum absolute atomic E-state index is 0.0875. The molecule has 0 aliphatic carbocycles. The maximum atomic E-state index is 11.9. The first-order chi connectivity index (χ1) is 10.1. The second-order valence-corrected chi connectivity index (χ2v) is 5.43. The molecule has 4 heteroatoms. The topological polar surface area (TPSA) is 50.4 Å². The molecule has 2 N–H and O–H groups in total. The fraction of sp³-hybridized carbons (Fsp3) is 0.588. The first-order valence-electron chi connectivity index (χ1n) is 7.77. The Labute approximate surface area is 128 Å². The van der Waals surface area contributed by atoms with Crippen molar-refractivity contribution in [3.63, 3.8) is 0 Å². The number of benzene rings is 1. The van der Waals surface area contributed by atoms with Gasteiger partial charge in [-0.3, -0.25) is 0 Å². The third-order valence-electron chi connectivity index (χ3n) is 3.52. The third kappa shape index (κ3) is 6.06. The van der Waals surface area contributed by atoms with E-state index in [1.807, 2.05) is 32.0 Å². The lowest BCUT2D eigenvalue weighted by molar-refractivity contribution is 0.237. The van der Waals surface area contributed by atoms with E-state index in [2.05, 4.69) is 17.6 Å². The van der Waals surface area contributed by atoms with Crippen molar-refractivity contribution in [3.05, 3.63) is 29.3 Å². The summed E-state index contributed by atoms with van der Waals surface area (Å²) < 4.78 is 5.36. The van der Waals surface area contributed by atoms with Gasteiger partial charge in [-0.15, -0.1) is 0 Å². The van der Waals surface area contributed by atoms with Crippen LogP contribution in [0, 0.1) is 6.92 Å². The van der Waals surface area contributed by atoms with E-state index in [-0.39, 0.29) is 12.1 Å². The van der Waals surface area contributed by atoms with E-state index >= 15 is 0 Å². The average molecular weight is 292 g/mol. The van der Waals surface area contributed by atoms with Crippen molar-refractivity contribution in [3.8, 4) is 5.75 Å². The van der Waals surface area contributed by atoms with Crippen LogP contribution in [0.5, 0.6) is 5.75 Å². The molecule has 1 aromatic carbocycles. The number of unbranched alkanes of at least 4 members (excludes halogenated alkanes) is 3. The number of carbonyl (C=O) groups is 1. The minimum atomic E-state index is -0.123. The Balaban J connectivity index is 2.47. The number of hydrogen-bond acceptors (Lipinski definition) is 2. The van der Waals surface area contributed by atoms with Gasteiger partial charge in [-0.2, -0.15) is 0 Å². The Bertz CT molecular complexity index is 446. The summed E-state index contributed by atoms with van der Waals surface area (Å²) in [5, 5.41) is 5.86. The quantitative estimate of drug-likeness (QED) is 0.713. The van der Waals surface area contributed by atoms with E-state index in [1.54, 1.807) is 7.11 Å². The largest absolute Gasteiger partial charge is 0.496 e. The Morgan fingerprint density at radius 1 is 1.29 bits per heavy atom. The lowest BCUT2D eigenvalue weighted by Crippen LogP contribution is -2.37. The van der Waals surface area contributed by atoms with Crippen LogP contribution in [0.3, 0.4) is 0 Å². The van der Waals surface area contributed by atoms with Crippen LogP contribution < -0.4 is 15.4 Å². The van der Waals surface area contributed by atoms with Gasteiger partial charge in [0.2, 0.25) is 0 Å². The van der Waals surface area contributed by atoms with Crippen LogP contribution >= 0.6 is 0 Å². The highest BCUT2D eigenvalue weighted by Crippen LogP contribution is 2.25. The minimum Gasteiger partial charge on any atom is -0.496 e.